The number of amides is 1. The first-order valence-corrected chi connectivity index (χ1v) is 10.2. The van der Waals surface area contributed by atoms with E-state index < -0.39 is 0 Å². The van der Waals surface area contributed by atoms with Crippen LogP contribution in [-0.2, 0) is 11.3 Å². The number of ether oxygens (including phenoxy) is 1. The van der Waals surface area contributed by atoms with Crippen LogP contribution in [-0.4, -0.2) is 61.3 Å². The van der Waals surface area contributed by atoms with Crippen molar-refractivity contribution in [1.29, 1.82) is 0 Å². The first-order valence-electron chi connectivity index (χ1n) is 9.86. The molecule has 1 fully saturated rings. The molecule has 154 valence electrons. The average molecular weight is 415 g/mol. The Morgan fingerprint density at radius 2 is 1.72 bits per heavy atom. The van der Waals surface area contributed by atoms with Crippen molar-refractivity contribution >= 4 is 23.7 Å². The van der Waals surface area contributed by atoms with Crippen LogP contribution in [0, 0.1) is 0 Å². The van der Waals surface area contributed by atoms with Crippen LogP contribution in [0.1, 0.15) is 18.1 Å². The van der Waals surface area contributed by atoms with Crippen LogP contribution in [0.3, 0.4) is 0 Å². The summed E-state index contributed by atoms with van der Waals surface area (Å²) in [5.74, 6) is 0.724. The number of carbonyl (C=O) groups excluding carboxylic acids is 1. The smallest absolute Gasteiger partial charge is 0.254 e. The molecular weight excluding hydrogens is 388 g/mol. The number of hydrogen-bond acceptors (Lipinski definition) is 5. The van der Waals surface area contributed by atoms with Gasteiger partial charge in [0.15, 0.2) is 0 Å². The summed E-state index contributed by atoms with van der Waals surface area (Å²) in [6.45, 7) is 7.45. The predicted molar refractivity (Wildman–Crippen MR) is 117 cm³/mol. The number of carbonyl (C=O) groups is 1. The molecule has 3 rings (SSSR count). The minimum atomic E-state index is -0.0988. The summed E-state index contributed by atoms with van der Waals surface area (Å²) in [6, 6.07) is 15.5. The number of nitrogens with zero attached hydrogens (tertiary/aromatic N) is 3. The minimum Gasteiger partial charge on any atom is -0.494 e. The van der Waals surface area contributed by atoms with E-state index in [9.17, 15) is 4.79 Å². The normalized spacial score (nSPS) is 15.5. The zero-order chi connectivity index (χ0) is 20.5. The topological polar surface area (TPSA) is 57.2 Å². The summed E-state index contributed by atoms with van der Waals surface area (Å²) >= 11 is 5.94. The second-order valence-corrected chi connectivity index (χ2v) is 7.41. The minimum absolute atomic E-state index is 0.0988. The molecule has 2 aromatic rings. The first-order chi connectivity index (χ1) is 14.1. The van der Waals surface area contributed by atoms with E-state index in [1.165, 1.54) is 5.56 Å². The number of hydrazone groups is 1. The lowest BCUT2D eigenvalue weighted by molar-refractivity contribution is -0.122. The molecule has 1 heterocycles. The molecule has 0 bridgehead atoms. The molecule has 0 radical (unpaired) electrons. The van der Waals surface area contributed by atoms with Gasteiger partial charge in [0.25, 0.3) is 5.91 Å². The van der Waals surface area contributed by atoms with Crippen molar-refractivity contribution in [1.82, 2.24) is 15.2 Å². The van der Waals surface area contributed by atoms with Crippen LogP contribution in [0.2, 0.25) is 5.02 Å². The van der Waals surface area contributed by atoms with E-state index in [4.69, 9.17) is 16.3 Å². The molecule has 7 heteroatoms. The van der Waals surface area contributed by atoms with Crippen LogP contribution in [0.4, 0.5) is 0 Å². The van der Waals surface area contributed by atoms with Crippen molar-refractivity contribution in [2.75, 3.05) is 39.3 Å². The third-order valence-electron chi connectivity index (χ3n) is 4.75. The van der Waals surface area contributed by atoms with E-state index >= 15 is 0 Å². The molecule has 0 atom stereocenters. The Balaban J connectivity index is 1.36. The van der Waals surface area contributed by atoms with Crippen LogP contribution in [0.15, 0.2) is 53.6 Å². The molecule has 1 aliphatic heterocycles. The van der Waals surface area contributed by atoms with Crippen molar-refractivity contribution in [2.45, 2.75) is 13.5 Å². The van der Waals surface area contributed by atoms with Crippen LogP contribution < -0.4 is 10.2 Å². The summed E-state index contributed by atoms with van der Waals surface area (Å²) in [5, 5.41) is 4.81. The third kappa shape index (κ3) is 7.16. The van der Waals surface area contributed by atoms with Crippen molar-refractivity contribution in [3.05, 3.63) is 64.7 Å². The highest BCUT2D eigenvalue weighted by molar-refractivity contribution is 6.30. The first kappa shape index (κ1) is 21.3. The highest BCUT2D eigenvalue weighted by atomic mass is 35.5. The maximum Gasteiger partial charge on any atom is 0.254 e. The highest BCUT2D eigenvalue weighted by Crippen LogP contribution is 2.13. The molecule has 1 amide bonds. The average Bonchev–Trinajstić information content (AvgIpc) is 2.73. The lowest BCUT2D eigenvalue weighted by Crippen LogP contribution is -2.48. The fraction of sp³-hybridized carbons (Fsp3) is 0.364. The fourth-order valence-electron chi connectivity index (χ4n) is 3.19. The number of benzene rings is 2. The second-order valence-electron chi connectivity index (χ2n) is 6.97. The van der Waals surface area contributed by atoms with E-state index in [0.717, 1.165) is 49.1 Å². The predicted octanol–water partition coefficient (Wildman–Crippen LogP) is 3.01. The Labute approximate surface area is 177 Å². The molecule has 0 unspecified atom stereocenters. The standard InChI is InChI=1S/C22H27ClN4O2/c1-2-29-21-9-5-18(6-10-21)15-24-25-22(28)17-27-13-11-26(12-14-27)16-19-3-7-20(23)8-4-19/h3-10,15H,2,11-14,16-17H2,1H3,(H,25,28). The molecule has 6 nitrogen and oxygen atoms in total. The lowest BCUT2D eigenvalue weighted by Gasteiger charge is -2.34. The fourth-order valence-corrected chi connectivity index (χ4v) is 3.31. The number of halogens is 1. The van der Waals surface area contributed by atoms with E-state index in [2.05, 4.69) is 32.5 Å². The Hall–Kier alpha value is -2.41. The van der Waals surface area contributed by atoms with Gasteiger partial charge in [0.2, 0.25) is 0 Å². The van der Waals surface area contributed by atoms with Gasteiger partial charge in [-0.15, -0.1) is 0 Å². The van der Waals surface area contributed by atoms with E-state index in [0.29, 0.717) is 13.2 Å². The van der Waals surface area contributed by atoms with Crippen LogP contribution in [0.5, 0.6) is 5.75 Å². The van der Waals surface area contributed by atoms with Crippen molar-refractivity contribution in [3.8, 4) is 5.75 Å². The molecule has 0 aliphatic carbocycles. The molecule has 2 aromatic carbocycles. The number of hydrogen-bond donors (Lipinski definition) is 1. The number of piperazine rings is 1. The van der Waals surface area contributed by atoms with Gasteiger partial charge in [-0.3, -0.25) is 14.6 Å². The zero-order valence-corrected chi connectivity index (χ0v) is 17.4. The van der Waals surface area contributed by atoms with Gasteiger partial charge in [-0.1, -0.05) is 23.7 Å². The summed E-state index contributed by atoms with van der Waals surface area (Å²) in [7, 11) is 0. The molecule has 0 saturated carbocycles. The molecule has 0 spiro atoms. The summed E-state index contributed by atoms with van der Waals surface area (Å²) in [4.78, 5) is 16.7. The highest BCUT2D eigenvalue weighted by Gasteiger charge is 2.18. The molecule has 29 heavy (non-hydrogen) atoms. The van der Waals surface area contributed by atoms with E-state index in [1.54, 1.807) is 6.21 Å². The van der Waals surface area contributed by atoms with Crippen molar-refractivity contribution < 1.29 is 9.53 Å². The SMILES string of the molecule is CCOc1ccc(C=NNC(=O)CN2CCN(Cc3ccc(Cl)cc3)CC2)cc1. The molecular formula is C22H27ClN4O2. The van der Waals surface area contributed by atoms with Gasteiger partial charge in [0.1, 0.15) is 5.75 Å². The van der Waals surface area contributed by atoms with Crippen molar-refractivity contribution in [3.63, 3.8) is 0 Å². The monoisotopic (exact) mass is 414 g/mol. The van der Waals surface area contributed by atoms with Crippen LogP contribution in [0.25, 0.3) is 0 Å². The van der Waals surface area contributed by atoms with Crippen molar-refractivity contribution in [2.24, 2.45) is 5.10 Å². The van der Waals surface area contributed by atoms with Gasteiger partial charge in [-0.25, -0.2) is 5.43 Å². The maximum atomic E-state index is 12.1. The maximum absolute atomic E-state index is 12.1. The Bertz CT molecular complexity index is 801. The van der Waals surface area contributed by atoms with Gasteiger partial charge >= 0.3 is 0 Å². The number of rotatable bonds is 8. The summed E-state index contributed by atoms with van der Waals surface area (Å²) < 4.78 is 5.41. The molecule has 1 saturated heterocycles. The lowest BCUT2D eigenvalue weighted by atomic mass is 10.2. The molecule has 1 N–H and O–H groups in total. The van der Waals surface area contributed by atoms with E-state index in [1.807, 2.05) is 43.3 Å². The largest absolute Gasteiger partial charge is 0.494 e. The Morgan fingerprint density at radius 3 is 2.38 bits per heavy atom. The van der Waals surface area contributed by atoms with E-state index in [-0.39, 0.29) is 5.91 Å². The van der Waals surface area contributed by atoms with Crippen LogP contribution >= 0.6 is 11.6 Å². The Morgan fingerprint density at radius 1 is 1.07 bits per heavy atom. The second kappa shape index (κ2) is 11.0. The summed E-state index contributed by atoms with van der Waals surface area (Å²) in [6.07, 6.45) is 1.64. The number of nitrogens with one attached hydrogen (secondary N) is 1. The molecule has 0 aromatic heterocycles. The third-order valence-corrected chi connectivity index (χ3v) is 5.00. The van der Waals surface area contributed by atoms with Gasteiger partial charge < -0.3 is 4.74 Å². The quantitative estimate of drug-likeness (QED) is 0.533. The van der Waals surface area contributed by atoms with Gasteiger partial charge in [-0.05, 0) is 54.4 Å². The van der Waals surface area contributed by atoms with Gasteiger partial charge in [0, 0.05) is 37.7 Å². The summed E-state index contributed by atoms with van der Waals surface area (Å²) in [5.41, 5.74) is 4.77. The zero-order valence-electron chi connectivity index (χ0n) is 16.7. The van der Waals surface area contributed by atoms with Gasteiger partial charge in [-0.2, -0.15) is 5.10 Å². The van der Waals surface area contributed by atoms with Gasteiger partial charge in [0.05, 0.1) is 19.4 Å². The Kier molecular flexibility index (Phi) is 8.04. The molecule has 1 aliphatic rings.